The Morgan fingerprint density at radius 1 is 1.07 bits per heavy atom. The van der Waals surface area contributed by atoms with Crippen LogP contribution in [0.3, 0.4) is 0 Å². The number of halogens is 2. The smallest absolute Gasteiger partial charge is 0.321 e. The topological polar surface area (TPSA) is 61.9 Å². The lowest BCUT2D eigenvalue weighted by Gasteiger charge is -2.43. The zero-order valence-corrected chi connectivity index (χ0v) is 17.2. The van der Waals surface area contributed by atoms with Gasteiger partial charge in [-0.25, -0.2) is 9.18 Å². The molecule has 3 amide bonds. The minimum absolute atomic E-state index is 0.0211. The lowest BCUT2D eigenvalue weighted by atomic mass is 9.97. The number of hydrogen-bond donors (Lipinski definition) is 1. The van der Waals surface area contributed by atoms with Crippen LogP contribution >= 0.6 is 11.6 Å². The molecule has 1 aliphatic carbocycles. The number of amides is 3. The van der Waals surface area contributed by atoms with Gasteiger partial charge in [-0.3, -0.25) is 4.79 Å². The number of hydrogen-bond acceptors (Lipinski definition) is 3. The fourth-order valence-electron chi connectivity index (χ4n) is 4.29. The van der Waals surface area contributed by atoms with Crippen LogP contribution in [0.5, 0.6) is 0 Å². The number of anilines is 1. The van der Waals surface area contributed by atoms with Crippen LogP contribution in [0.4, 0.5) is 14.9 Å². The Kier molecular flexibility index (Phi) is 6.25. The van der Waals surface area contributed by atoms with Gasteiger partial charge >= 0.3 is 6.03 Å². The van der Waals surface area contributed by atoms with Gasteiger partial charge in [-0.05, 0) is 56.7 Å². The summed E-state index contributed by atoms with van der Waals surface area (Å²) in [5, 5.41) is 2.76. The summed E-state index contributed by atoms with van der Waals surface area (Å²) in [4.78, 5) is 29.4. The molecule has 2 heterocycles. The molecule has 3 fully saturated rings. The van der Waals surface area contributed by atoms with Crippen molar-refractivity contribution < 1.29 is 18.7 Å². The van der Waals surface area contributed by atoms with Gasteiger partial charge < -0.3 is 19.9 Å². The zero-order chi connectivity index (χ0) is 20.4. The second-order valence-electron chi connectivity index (χ2n) is 8.14. The third-order valence-corrected chi connectivity index (χ3v) is 6.37. The van der Waals surface area contributed by atoms with E-state index < -0.39 is 5.82 Å². The maximum Gasteiger partial charge on any atom is 0.321 e. The summed E-state index contributed by atoms with van der Waals surface area (Å²) in [5.41, 5.74) is 0.469. The number of likely N-dealkylation sites (tertiary alicyclic amines) is 1. The molecule has 0 radical (unpaired) electrons. The van der Waals surface area contributed by atoms with Crippen LogP contribution in [0.25, 0.3) is 0 Å². The highest BCUT2D eigenvalue weighted by Crippen LogP contribution is 2.35. The molecule has 0 bridgehead atoms. The maximum atomic E-state index is 13.3. The molecule has 2 aliphatic heterocycles. The number of nitrogens with one attached hydrogen (secondary N) is 1. The van der Waals surface area contributed by atoms with Gasteiger partial charge in [0.25, 0.3) is 0 Å². The molecule has 8 heteroatoms. The Labute approximate surface area is 175 Å². The quantitative estimate of drug-likeness (QED) is 0.799. The molecule has 158 valence electrons. The monoisotopic (exact) mass is 423 g/mol. The van der Waals surface area contributed by atoms with Gasteiger partial charge in [0.1, 0.15) is 5.82 Å². The Balaban J connectivity index is 1.35. The van der Waals surface area contributed by atoms with Crippen molar-refractivity contribution in [2.24, 2.45) is 5.92 Å². The molecule has 0 aromatic heterocycles. The van der Waals surface area contributed by atoms with E-state index in [2.05, 4.69) is 10.2 Å². The predicted octanol–water partition coefficient (Wildman–Crippen LogP) is 3.89. The zero-order valence-electron chi connectivity index (χ0n) is 16.4. The molecule has 1 aromatic rings. The second kappa shape index (κ2) is 8.88. The van der Waals surface area contributed by atoms with Crippen LogP contribution in [0.1, 0.15) is 38.5 Å². The van der Waals surface area contributed by atoms with E-state index in [-0.39, 0.29) is 29.1 Å². The Bertz CT molecular complexity index is 760. The molecular weight excluding hydrogens is 397 g/mol. The van der Waals surface area contributed by atoms with Gasteiger partial charge in [-0.2, -0.15) is 0 Å². The Hall–Kier alpha value is -1.86. The average molecular weight is 424 g/mol. The highest BCUT2D eigenvalue weighted by Gasteiger charge is 2.41. The highest BCUT2D eigenvalue weighted by molar-refractivity contribution is 6.31. The van der Waals surface area contributed by atoms with Gasteiger partial charge in [0.2, 0.25) is 5.91 Å². The van der Waals surface area contributed by atoms with Crippen molar-refractivity contribution >= 4 is 29.2 Å². The lowest BCUT2D eigenvalue weighted by molar-refractivity contribution is -0.141. The molecule has 29 heavy (non-hydrogen) atoms. The maximum absolute atomic E-state index is 13.3. The van der Waals surface area contributed by atoms with Gasteiger partial charge in [-0.1, -0.05) is 11.6 Å². The third-order valence-electron chi connectivity index (χ3n) is 6.08. The van der Waals surface area contributed by atoms with Crippen LogP contribution < -0.4 is 5.32 Å². The summed E-state index contributed by atoms with van der Waals surface area (Å²) >= 11 is 5.78. The summed E-state index contributed by atoms with van der Waals surface area (Å²) in [5.74, 6) is -0.0258. The minimum atomic E-state index is -0.515. The summed E-state index contributed by atoms with van der Waals surface area (Å²) in [6, 6.07) is 4.34. The summed E-state index contributed by atoms with van der Waals surface area (Å²) in [6.45, 7) is 2.59. The van der Waals surface area contributed by atoms with Crippen LogP contribution in [0.2, 0.25) is 5.02 Å². The molecule has 0 unspecified atom stereocenters. The predicted molar refractivity (Wildman–Crippen MR) is 108 cm³/mol. The molecule has 6 nitrogen and oxygen atoms in total. The first kappa shape index (κ1) is 20.4. The first-order valence-corrected chi connectivity index (χ1v) is 10.8. The number of benzene rings is 1. The number of carbonyl (C=O) groups is 2. The number of carbonyl (C=O) groups excluding carboxylic acids is 2. The van der Waals surface area contributed by atoms with E-state index in [0.29, 0.717) is 37.9 Å². The molecule has 3 aliphatic rings. The molecule has 1 N–H and O–H groups in total. The van der Waals surface area contributed by atoms with Crippen LogP contribution in [0, 0.1) is 11.7 Å². The standard InChI is InChI=1S/C21H27ClFN3O3/c22-18-13-15(3-4-19(18)23)24-21(28)25-9-5-16(6-10-25)26(20(27)14-1-2-14)17-7-11-29-12-8-17/h3-4,13-14,16-17H,1-2,5-12H2,(H,24,28). The van der Waals surface area contributed by atoms with Crippen LogP contribution in [-0.2, 0) is 9.53 Å². The van der Waals surface area contributed by atoms with Crippen molar-refractivity contribution in [3.8, 4) is 0 Å². The molecule has 1 saturated carbocycles. The fourth-order valence-corrected chi connectivity index (χ4v) is 4.47. The van der Waals surface area contributed by atoms with E-state index in [1.807, 2.05) is 0 Å². The van der Waals surface area contributed by atoms with Crippen molar-refractivity contribution in [2.75, 3.05) is 31.6 Å². The van der Waals surface area contributed by atoms with Crippen LogP contribution in [-0.4, -0.2) is 60.1 Å². The summed E-state index contributed by atoms with van der Waals surface area (Å²) in [7, 11) is 0. The van der Waals surface area contributed by atoms with Crippen LogP contribution in [0.15, 0.2) is 18.2 Å². The molecule has 0 atom stereocenters. The van der Waals surface area contributed by atoms with Gasteiger partial charge in [0.15, 0.2) is 0 Å². The van der Waals surface area contributed by atoms with Gasteiger partial charge in [0.05, 0.1) is 5.02 Å². The van der Waals surface area contributed by atoms with E-state index in [1.165, 1.54) is 18.2 Å². The number of urea groups is 1. The van der Waals surface area contributed by atoms with E-state index in [4.69, 9.17) is 16.3 Å². The Morgan fingerprint density at radius 3 is 2.34 bits per heavy atom. The third kappa shape index (κ3) is 4.83. The number of nitrogens with zero attached hydrogens (tertiary/aromatic N) is 2. The van der Waals surface area contributed by atoms with Crippen molar-refractivity contribution in [1.82, 2.24) is 9.80 Å². The van der Waals surface area contributed by atoms with E-state index in [9.17, 15) is 14.0 Å². The van der Waals surface area contributed by atoms with E-state index >= 15 is 0 Å². The van der Waals surface area contributed by atoms with E-state index in [0.717, 1.165) is 38.5 Å². The van der Waals surface area contributed by atoms with Crippen molar-refractivity contribution in [1.29, 1.82) is 0 Å². The normalized spacial score (nSPS) is 21.1. The Morgan fingerprint density at radius 2 is 1.72 bits per heavy atom. The molecule has 1 aromatic carbocycles. The molecule has 2 saturated heterocycles. The molecule has 4 rings (SSSR count). The molecule has 0 spiro atoms. The number of piperidine rings is 1. The minimum Gasteiger partial charge on any atom is -0.381 e. The largest absolute Gasteiger partial charge is 0.381 e. The number of rotatable bonds is 4. The molecular formula is C21H27ClFN3O3. The summed E-state index contributed by atoms with van der Waals surface area (Å²) < 4.78 is 18.8. The number of ether oxygens (including phenoxy) is 1. The van der Waals surface area contributed by atoms with E-state index in [1.54, 1.807) is 4.90 Å². The second-order valence-corrected chi connectivity index (χ2v) is 8.55. The van der Waals surface area contributed by atoms with Gasteiger partial charge in [0, 0.05) is 50.0 Å². The van der Waals surface area contributed by atoms with Gasteiger partial charge in [-0.15, -0.1) is 0 Å². The van der Waals surface area contributed by atoms with Crippen molar-refractivity contribution in [3.63, 3.8) is 0 Å². The first-order chi connectivity index (χ1) is 14.0. The van der Waals surface area contributed by atoms with Crippen molar-refractivity contribution in [3.05, 3.63) is 29.0 Å². The SMILES string of the molecule is O=C(Nc1ccc(F)c(Cl)c1)N1CCC(N(C(=O)C2CC2)C2CCOCC2)CC1. The summed E-state index contributed by atoms with van der Waals surface area (Å²) in [6.07, 6.45) is 5.33. The highest BCUT2D eigenvalue weighted by atomic mass is 35.5. The fraction of sp³-hybridized carbons (Fsp3) is 0.619. The van der Waals surface area contributed by atoms with Crippen molar-refractivity contribution in [2.45, 2.75) is 50.6 Å². The first-order valence-electron chi connectivity index (χ1n) is 10.4. The lowest BCUT2D eigenvalue weighted by Crippen LogP contribution is -2.54. The average Bonchev–Trinajstić information content (AvgIpc) is 3.58.